The van der Waals surface area contributed by atoms with Crippen molar-refractivity contribution in [2.45, 2.75) is 44.6 Å². The highest BCUT2D eigenvalue weighted by molar-refractivity contribution is 5.91. The van der Waals surface area contributed by atoms with E-state index in [2.05, 4.69) is 4.74 Å². The van der Waals surface area contributed by atoms with Crippen LogP contribution in [0.3, 0.4) is 0 Å². The predicted molar refractivity (Wildman–Crippen MR) is 49.6 cm³/mol. The Morgan fingerprint density at radius 1 is 1.21 bits per heavy atom. The minimum absolute atomic E-state index is 0.286. The van der Waals surface area contributed by atoms with Gasteiger partial charge in [0.25, 0.3) is 0 Å². The summed E-state index contributed by atoms with van der Waals surface area (Å²) in [7, 11) is 1.26. The SMILES string of the molecule is COC(=O)CC(=O)OC1(C)CCCC1. The average molecular weight is 200 g/mol. The van der Waals surface area contributed by atoms with E-state index in [9.17, 15) is 9.59 Å². The van der Waals surface area contributed by atoms with Crippen molar-refractivity contribution in [1.29, 1.82) is 0 Å². The van der Waals surface area contributed by atoms with Crippen molar-refractivity contribution in [1.82, 2.24) is 0 Å². The van der Waals surface area contributed by atoms with Crippen LogP contribution in [0.5, 0.6) is 0 Å². The summed E-state index contributed by atoms with van der Waals surface area (Å²) in [6, 6.07) is 0. The second kappa shape index (κ2) is 4.44. The van der Waals surface area contributed by atoms with Crippen LogP contribution >= 0.6 is 0 Å². The van der Waals surface area contributed by atoms with Gasteiger partial charge in [-0.2, -0.15) is 0 Å². The van der Waals surface area contributed by atoms with E-state index in [4.69, 9.17) is 4.74 Å². The fraction of sp³-hybridized carbons (Fsp3) is 0.800. The largest absolute Gasteiger partial charge is 0.469 e. The average Bonchev–Trinajstić information content (AvgIpc) is 2.51. The van der Waals surface area contributed by atoms with E-state index in [1.54, 1.807) is 0 Å². The molecular formula is C10H16O4. The van der Waals surface area contributed by atoms with Gasteiger partial charge in [0.2, 0.25) is 0 Å². The second-order valence-corrected chi connectivity index (χ2v) is 3.88. The molecule has 0 heterocycles. The molecule has 0 amide bonds. The first-order valence-electron chi connectivity index (χ1n) is 4.84. The molecule has 0 saturated heterocycles. The van der Waals surface area contributed by atoms with E-state index in [-0.39, 0.29) is 12.0 Å². The maximum absolute atomic E-state index is 11.3. The Morgan fingerprint density at radius 3 is 2.29 bits per heavy atom. The Morgan fingerprint density at radius 2 is 1.79 bits per heavy atom. The quantitative estimate of drug-likeness (QED) is 0.510. The lowest BCUT2D eigenvalue weighted by atomic mass is 10.1. The van der Waals surface area contributed by atoms with Gasteiger partial charge < -0.3 is 9.47 Å². The van der Waals surface area contributed by atoms with E-state index >= 15 is 0 Å². The van der Waals surface area contributed by atoms with Crippen LogP contribution in [0.2, 0.25) is 0 Å². The molecule has 0 aromatic heterocycles. The Balaban J connectivity index is 2.36. The van der Waals surface area contributed by atoms with Gasteiger partial charge in [0, 0.05) is 0 Å². The van der Waals surface area contributed by atoms with Crippen LogP contribution in [0.1, 0.15) is 39.0 Å². The highest BCUT2D eigenvalue weighted by atomic mass is 16.6. The smallest absolute Gasteiger partial charge is 0.317 e. The van der Waals surface area contributed by atoms with E-state index in [0.29, 0.717) is 0 Å². The second-order valence-electron chi connectivity index (χ2n) is 3.88. The van der Waals surface area contributed by atoms with Gasteiger partial charge in [-0.05, 0) is 32.6 Å². The maximum Gasteiger partial charge on any atom is 0.317 e. The van der Waals surface area contributed by atoms with E-state index in [1.165, 1.54) is 7.11 Å². The van der Waals surface area contributed by atoms with Crippen LogP contribution in [-0.4, -0.2) is 24.6 Å². The molecule has 0 N–H and O–H groups in total. The molecule has 1 saturated carbocycles. The first-order valence-corrected chi connectivity index (χ1v) is 4.84. The molecule has 0 aromatic carbocycles. The minimum atomic E-state index is -0.545. The van der Waals surface area contributed by atoms with Gasteiger partial charge in [0.15, 0.2) is 0 Å². The number of hydrogen-bond donors (Lipinski definition) is 0. The lowest BCUT2D eigenvalue weighted by molar-refractivity contribution is -0.162. The molecule has 0 unspecified atom stereocenters. The predicted octanol–water partition coefficient (Wildman–Crippen LogP) is 1.43. The number of ether oxygens (including phenoxy) is 2. The molecule has 0 radical (unpaired) electrons. The summed E-state index contributed by atoms with van der Waals surface area (Å²) in [6.45, 7) is 1.91. The van der Waals surface area contributed by atoms with Gasteiger partial charge in [-0.3, -0.25) is 9.59 Å². The monoisotopic (exact) mass is 200 g/mol. The molecular weight excluding hydrogens is 184 g/mol. The first-order chi connectivity index (χ1) is 6.56. The third-order valence-corrected chi connectivity index (χ3v) is 2.54. The normalized spacial score (nSPS) is 19.0. The van der Waals surface area contributed by atoms with Crippen molar-refractivity contribution in [2.24, 2.45) is 0 Å². The molecule has 4 nitrogen and oxygen atoms in total. The van der Waals surface area contributed by atoms with Crippen molar-refractivity contribution >= 4 is 11.9 Å². The van der Waals surface area contributed by atoms with Crippen molar-refractivity contribution in [3.63, 3.8) is 0 Å². The molecule has 1 aliphatic carbocycles. The number of esters is 2. The lowest BCUT2D eigenvalue weighted by Gasteiger charge is -2.23. The molecule has 0 bridgehead atoms. The van der Waals surface area contributed by atoms with Gasteiger partial charge >= 0.3 is 11.9 Å². The van der Waals surface area contributed by atoms with Crippen molar-refractivity contribution in [2.75, 3.05) is 7.11 Å². The van der Waals surface area contributed by atoms with Crippen molar-refractivity contribution < 1.29 is 19.1 Å². The summed E-state index contributed by atoms with van der Waals surface area (Å²) in [4.78, 5) is 22.0. The topological polar surface area (TPSA) is 52.6 Å². The molecule has 1 aliphatic rings. The molecule has 0 spiro atoms. The highest BCUT2D eigenvalue weighted by Gasteiger charge is 2.32. The Bertz CT molecular complexity index is 228. The fourth-order valence-corrected chi connectivity index (χ4v) is 1.73. The van der Waals surface area contributed by atoms with Crippen molar-refractivity contribution in [3.05, 3.63) is 0 Å². The third kappa shape index (κ3) is 3.01. The van der Waals surface area contributed by atoms with Crippen LogP contribution in [0.25, 0.3) is 0 Å². The first kappa shape index (κ1) is 11.0. The number of carbonyl (C=O) groups is 2. The van der Waals surface area contributed by atoms with Crippen LogP contribution < -0.4 is 0 Å². The molecule has 1 rings (SSSR count). The van der Waals surface area contributed by atoms with Gasteiger partial charge in [-0.1, -0.05) is 0 Å². The Labute approximate surface area is 83.6 Å². The molecule has 0 aromatic rings. The van der Waals surface area contributed by atoms with Crippen LogP contribution in [-0.2, 0) is 19.1 Å². The van der Waals surface area contributed by atoms with E-state index < -0.39 is 11.9 Å². The zero-order chi connectivity index (χ0) is 10.6. The Hall–Kier alpha value is -1.06. The molecule has 4 heteroatoms. The fourth-order valence-electron chi connectivity index (χ4n) is 1.73. The van der Waals surface area contributed by atoms with Crippen LogP contribution in [0.15, 0.2) is 0 Å². The summed E-state index contributed by atoms with van der Waals surface area (Å²) in [5, 5.41) is 0. The third-order valence-electron chi connectivity index (χ3n) is 2.54. The molecule has 1 fully saturated rings. The summed E-state index contributed by atoms with van der Waals surface area (Å²) in [6.07, 6.45) is 3.66. The zero-order valence-corrected chi connectivity index (χ0v) is 8.67. The van der Waals surface area contributed by atoms with Gasteiger partial charge in [0.1, 0.15) is 12.0 Å². The van der Waals surface area contributed by atoms with E-state index in [0.717, 1.165) is 25.7 Å². The van der Waals surface area contributed by atoms with Gasteiger partial charge in [-0.25, -0.2) is 0 Å². The molecule has 14 heavy (non-hydrogen) atoms. The number of rotatable bonds is 3. The lowest BCUT2D eigenvalue weighted by Crippen LogP contribution is -2.29. The number of carbonyl (C=O) groups excluding carboxylic acids is 2. The van der Waals surface area contributed by atoms with E-state index in [1.807, 2.05) is 6.92 Å². The number of methoxy groups -OCH3 is 1. The van der Waals surface area contributed by atoms with Crippen LogP contribution in [0, 0.1) is 0 Å². The number of hydrogen-bond acceptors (Lipinski definition) is 4. The van der Waals surface area contributed by atoms with Crippen molar-refractivity contribution in [3.8, 4) is 0 Å². The summed E-state index contributed by atoms with van der Waals surface area (Å²) in [5.74, 6) is -1.03. The van der Waals surface area contributed by atoms with Gasteiger partial charge in [0.05, 0.1) is 7.11 Å². The zero-order valence-electron chi connectivity index (χ0n) is 8.67. The standard InChI is InChI=1S/C10H16O4/c1-10(5-3-4-6-10)14-9(12)7-8(11)13-2/h3-7H2,1-2H3. The molecule has 0 atom stereocenters. The van der Waals surface area contributed by atoms with Gasteiger partial charge in [-0.15, -0.1) is 0 Å². The van der Waals surface area contributed by atoms with Crippen LogP contribution in [0.4, 0.5) is 0 Å². The maximum atomic E-state index is 11.3. The summed E-state index contributed by atoms with van der Waals surface area (Å²) < 4.78 is 9.61. The summed E-state index contributed by atoms with van der Waals surface area (Å²) in [5.41, 5.74) is -0.356. The molecule has 0 aliphatic heterocycles. The highest BCUT2D eigenvalue weighted by Crippen LogP contribution is 2.32. The Kier molecular flexibility index (Phi) is 3.49. The summed E-state index contributed by atoms with van der Waals surface area (Å²) >= 11 is 0. The minimum Gasteiger partial charge on any atom is -0.469 e. The molecule has 80 valence electrons.